The predicted molar refractivity (Wildman–Crippen MR) is 303 cm³/mol. The van der Waals surface area contributed by atoms with Crippen LogP contribution in [0.15, 0.2) is 29.7 Å². The quantitative estimate of drug-likeness (QED) is 0.0130. The number of ketones is 5. The molecular formula is C55H84N12O19. The summed E-state index contributed by atoms with van der Waals surface area (Å²) in [6, 6.07) is -4.65. The molecule has 15 N–H and O–H groups in total. The van der Waals surface area contributed by atoms with Crippen LogP contribution in [0.25, 0.3) is 0 Å². The fourth-order valence-electron chi connectivity index (χ4n) is 8.83. The third kappa shape index (κ3) is 29.6. The van der Waals surface area contributed by atoms with Crippen molar-refractivity contribution < 1.29 is 91.9 Å². The number of primary amides is 1. The number of aromatic amines is 1. The van der Waals surface area contributed by atoms with Gasteiger partial charge in [-0.15, -0.1) is 0 Å². The Labute approximate surface area is 496 Å². The maximum atomic E-state index is 13.9. The Morgan fingerprint density at radius 1 is 0.651 bits per heavy atom. The number of unbranched alkanes of at least 4 members (excludes halogenated alkanes) is 1. The molecule has 8 amide bonds. The number of nitrogens with zero attached hydrogens (tertiary/aromatic N) is 3. The molecule has 0 spiro atoms. The van der Waals surface area contributed by atoms with Gasteiger partial charge < -0.3 is 73.6 Å². The first-order valence-corrected chi connectivity index (χ1v) is 28.2. The molecule has 1 aromatic heterocycles. The molecule has 0 aliphatic carbocycles. The molecule has 2 rings (SSSR count). The lowest BCUT2D eigenvalue weighted by Gasteiger charge is -2.24. The van der Waals surface area contributed by atoms with E-state index in [-0.39, 0.29) is 82.2 Å². The number of imide groups is 1. The molecule has 0 fully saturated rings. The number of aliphatic hydroxyl groups is 2. The standard InChI is InChI=1S/C55H84N12O19/c1-32(2)18-40(64-47(76)10-7-14-67-48(77)11-12-49(67)78)44(73)23-36(29-68)52(82)62-28-39(71)20-33(8-6-13-60-55(57)58)53(83)66-42(30-69)45(74)22-35(24-50(79)80)54(84)65-41(25-46(56)75)43(72)21-34(19-37-26-59-31-63-37)51(81)61-27-38(70)9-4-5-15-86-17-16-85-3/h11-12,26,31-36,40-42,68-69H,4-10,13-25,27-30H2,1-3H3,(H2,56,75)(H,59,63)(H,61,81)(H,62,82)(H,64,76)(H,65,84)(H,66,83)(H,79,80)(H4,57,58,60)/t33-,34-,35+,36+,40+,41+,42+/m1/s1. The number of aliphatic carboxylic acids is 1. The number of Topliss-reactive ketones (excluding diaryl/α,β-unsaturated/α-hetero) is 5. The van der Waals surface area contributed by atoms with Crippen molar-refractivity contribution in [2.75, 3.05) is 66.3 Å². The normalized spacial score (nSPS) is 14.4. The zero-order valence-corrected chi connectivity index (χ0v) is 48.8. The number of hydrogen-bond donors (Lipinski definition) is 12. The number of amides is 8. The summed E-state index contributed by atoms with van der Waals surface area (Å²) in [5, 5.41) is 42.3. The molecule has 1 aliphatic rings. The number of carboxylic acids is 1. The van der Waals surface area contributed by atoms with Crippen molar-refractivity contribution >= 4 is 88.1 Å². The Morgan fingerprint density at radius 3 is 1.85 bits per heavy atom. The molecule has 31 nitrogen and oxygen atoms in total. The summed E-state index contributed by atoms with van der Waals surface area (Å²) in [5.41, 5.74) is 16.7. The van der Waals surface area contributed by atoms with E-state index in [2.05, 4.69) is 41.5 Å². The van der Waals surface area contributed by atoms with E-state index in [9.17, 15) is 82.4 Å². The van der Waals surface area contributed by atoms with Gasteiger partial charge in [0.2, 0.25) is 35.4 Å². The van der Waals surface area contributed by atoms with Gasteiger partial charge in [-0.1, -0.05) is 13.8 Å². The Morgan fingerprint density at radius 2 is 1.26 bits per heavy atom. The summed E-state index contributed by atoms with van der Waals surface area (Å²) in [6.07, 6.45) is 1.43. The molecule has 0 bridgehead atoms. The number of aromatic nitrogens is 2. The highest BCUT2D eigenvalue weighted by atomic mass is 16.5. The first kappa shape index (κ1) is 73.9. The lowest BCUT2D eigenvalue weighted by atomic mass is 9.90. The van der Waals surface area contributed by atoms with Crippen molar-refractivity contribution in [3.8, 4) is 0 Å². The summed E-state index contributed by atoms with van der Waals surface area (Å²) in [4.78, 5) is 194. The number of carboxylic acid groups (broad SMARTS) is 1. The number of H-pyrrole nitrogens is 1. The van der Waals surface area contributed by atoms with E-state index in [0.717, 1.165) is 17.1 Å². The minimum atomic E-state index is -1.81. The summed E-state index contributed by atoms with van der Waals surface area (Å²) >= 11 is 0. The van der Waals surface area contributed by atoms with E-state index < -0.39 is 176 Å². The Balaban J connectivity index is 2.17. The van der Waals surface area contributed by atoms with Crippen LogP contribution in [0.3, 0.4) is 0 Å². The monoisotopic (exact) mass is 1220 g/mol. The Bertz CT molecular complexity index is 2530. The van der Waals surface area contributed by atoms with Crippen LogP contribution >= 0.6 is 0 Å². The maximum Gasteiger partial charge on any atom is 0.304 e. The Hall–Kier alpha value is -8.16. The molecule has 0 radical (unpaired) electrons. The highest BCUT2D eigenvalue weighted by molar-refractivity contribution is 6.13. The third-order valence-corrected chi connectivity index (χ3v) is 13.4. The molecule has 7 atom stereocenters. The average molecular weight is 1220 g/mol. The third-order valence-electron chi connectivity index (χ3n) is 13.4. The Kier molecular flexibility index (Phi) is 34.6. The highest BCUT2D eigenvalue weighted by Gasteiger charge is 2.36. The van der Waals surface area contributed by atoms with E-state index in [4.69, 9.17) is 26.7 Å². The van der Waals surface area contributed by atoms with Crippen LogP contribution in [0.1, 0.15) is 109 Å². The number of aliphatic hydroxyl groups excluding tert-OH is 2. The fraction of sp³-hybridized carbons (Fsp3) is 0.636. The number of imidazole rings is 1. The van der Waals surface area contributed by atoms with Gasteiger partial charge in [0.15, 0.2) is 34.9 Å². The number of hydrogen-bond acceptors (Lipinski definition) is 20. The smallest absolute Gasteiger partial charge is 0.304 e. The van der Waals surface area contributed by atoms with Crippen LogP contribution in [0.2, 0.25) is 0 Å². The van der Waals surface area contributed by atoms with Crippen molar-refractivity contribution in [2.24, 2.45) is 51.8 Å². The molecule has 86 heavy (non-hydrogen) atoms. The highest BCUT2D eigenvalue weighted by Crippen LogP contribution is 2.19. The first-order valence-electron chi connectivity index (χ1n) is 28.2. The summed E-state index contributed by atoms with van der Waals surface area (Å²) in [5.74, 6) is -17.9. The lowest BCUT2D eigenvalue weighted by Crippen LogP contribution is -2.50. The van der Waals surface area contributed by atoms with E-state index in [1.165, 1.54) is 19.6 Å². The first-order chi connectivity index (χ1) is 40.8. The number of nitrogens with one attached hydrogen (secondary N) is 6. The fourth-order valence-corrected chi connectivity index (χ4v) is 8.83. The van der Waals surface area contributed by atoms with Gasteiger partial charge >= 0.3 is 5.97 Å². The number of carbonyl (C=O) groups excluding carboxylic acids is 13. The van der Waals surface area contributed by atoms with Gasteiger partial charge in [-0.2, -0.15) is 0 Å². The van der Waals surface area contributed by atoms with E-state index >= 15 is 0 Å². The van der Waals surface area contributed by atoms with Gasteiger partial charge in [0, 0.05) is 102 Å². The number of methoxy groups -OCH3 is 1. The topological polar surface area (TPSA) is 501 Å². The van der Waals surface area contributed by atoms with Gasteiger partial charge in [-0.25, -0.2) is 4.98 Å². The zero-order chi connectivity index (χ0) is 64.3. The minimum Gasteiger partial charge on any atom is -0.481 e. The van der Waals surface area contributed by atoms with Gasteiger partial charge in [0.25, 0.3) is 11.8 Å². The number of aliphatic imine (C=N–C) groups is 1. The van der Waals surface area contributed by atoms with Crippen molar-refractivity contribution in [1.29, 1.82) is 0 Å². The molecule has 2 heterocycles. The second kappa shape index (κ2) is 40.2. The summed E-state index contributed by atoms with van der Waals surface area (Å²) in [7, 11) is 1.54. The molecule has 478 valence electrons. The van der Waals surface area contributed by atoms with Crippen molar-refractivity contribution in [3.05, 3.63) is 30.4 Å². The van der Waals surface area contributed by atoms with Crippen LogP contribution < -0.4 is 43.8 Å². The van der Waals surface area contributed by atoms with Crippen molar-refractivity contribution in [2.45, 2.75) is 128 Å². The van der Waals surface area contributed by atoms with Crippen molar-refractivity contribution in [1.82, 2.24) is 41.5 Å². The molecule has 0 aromatic carbocycles. The van der Waals surface area contributed by atoms with Crippen LogP contribution in [0.4, 0.5) is 0 Å². The van der Waals surface area contributed by atoms with Gasteiger partial charge in [-0.05, 0) is 44.4 Å². The zero-order valence-electron chi connectivity index (χ0n) is 48.8. The molecule has 0 unspecified atom stereocenters. The number of ether oxygens (including phenoxy) is 2. The SMILES string of the molecule is COCCOCCCCC(=O)CNC(=O)[C@@H](CC(=O)[C@H](CC(N)=O)NC(=O)[C@H](CC(=O)O)CC(=O)[C@H](CO)NC(=O)[C@H](CCCN=C(N)N)CC(=O)CNC(=O)[C@H](CO)CC(=O)[C@H](CC(C)C)NC(=O)CCCN1C(=O)C=CC1=O)Cc1cnc[nH]1. The van der Waals surface area contributed by atoms with Gasteiger partial charge in [-0.3, -0.25) is 77.0 Å². The molecule has 0 saturated heterocycles. The van der Waals surface area contributed by atoms with Gasteiger partial charge in [0.05, 0.1) is 88.5 Å². The molecule has 1 aromatic rings. The van der Waals surface area contributed by atoms with Crippen LogP contribution in [-0.4, -0.2) is 203 Å². The molecule has 31 heteroatoms. The van der Waals surface area contributed by atoms with E-state index in [1.54, 1.807) is 13.8 Å². The van der Waals surface area contributed by atoms with Crippen molar-refractivity contribution in [3.63, 3.8) is 0 Å². The minimum absolute atomic E-state index is 0.0276. The number of carbonyl (C=O) groups is 14. The largest absolute Gasteiger partial charge is 0.481 e. The van der Waals surface area contributed by atoms with E-state index in [1.807, 2.05) is 0 Å². The number of guanidine groups is 1. The maximum absolute atomic E-state index is 13.9. The molecule has 0 saturated carbocycles. The summed E-state index contributed by atoms with van der Waals surface area (Å²) < 4.78 is 10.3. The van der Waals surface area contributed by atoms with Crippen LogP contribution in [0, 0.1) is 29.6 Å². The second-order valence-corrected chi connectivity index (χ2v) is 21.1. The second-order valence-electron chi connectivity index (χ2n) is 21.1. The predicted octanol–water partition coefficient (Wildman–Crippen LogP) is -3.52. The lowest BCUT2D eigenvalue weighted by molar-refractivity contribution is -0.143. The van der Waals surface area contributed by atoms with Gasteiger partial charge in [0.1, 0.15) is 6.04 Å². The molecular weight excluding hydrogens is 1130 g/mol. The van der Waals surface area contributed by atoms with Crippen LogP contribution in [0.5, 0.6) is 0 Å². The van der Waals surface area contributed by atoms with E-state index in [0.29, 0.717) is 38.4 Å². The van der Waals surface area contributed by atoms with Crippen LogP contribution in [-0.2, 0) is 83.0 Å². The average Bonchev–Trinajstić information content (AvgIpc) is 3.96. The molecule has 1 aliphatic heterocycles. The summed E-state index contributed by atoms with van der Waals surface area (Å²) in [6.45, 7) is 1.69. The number of nitrogens with two attached hydrogens (primary N) is 3. The number of rotatable bonds is 48.